The van der Waals surface area contributed by atoms with Gasteiger partial charge in [-0.1, -0.05) is 12.1 Å². The molecule has 2 saturated heterocycles. The monoisotopic (exact) mass is 465 g/mol. The zero-order valence-electron chi connectivity index (χ0n) is 18.5. The Hall–Kier alpha value is -2.88. The van der Waals surface area contributed by atoms with Crippen molar-refractivity contribution in [1.29, 1.82) is 0 Å². The third-order valence-electron chi connectivity index (χ3n) is 6.04. The Balaban J connectivity index is 1.23. The number of thiazole rings is 1. The number of carbonyl (C=O) groups excluding carboxylic acids is 2. The van der Waals surface area contributed by atoms with Gasteiger partial charge < -0.3 is 15.0 Å². The van der Waals surface area contributed by atoms with Crippen molar-refractivity contribution in [3.8, 4) is 10.6 Å². The van der Waals surface area contributed by atoms with E-state index >= 15 is 0 Å². The molecule has 0 unspecified atom stereocenters. The molecule has 2 amide bonds. The number of rotatable bonds is 6. The van der Waals surface area contributed by atoms with Crippen molar-refractivity contribution in [2.45, 2.75) is 12.8 Å². The topological polar surface area (TPSA) is 87.1 Å². The Labute approximate surface area is 197 Å². The highest BCUT2D eigenvalue weighted by Crippen LogP contribution is 2.30. The highest BCUT2D eigenvalue weighted by Gasteiger charge is 2.25. The molecule has 0 aliphatic carbocycles. The first-order chi connectivity index (χ1) is 16.2. The maximum Gasteiger partial charge on any atom is 0.272 e. The molecule has 3 aliphatic rings. The van der Waals surface area contributed by atoms with Crippen molar-refractivity contribution < 1.29 is 14.3 Å². The second-order valence-electron chi connectivity index (χ2n) is 8.43. The van der Waals surface area contributed by atoms with Gasteiger partial charge >= 0.3 is 0 Å². The summed E-state index contributed by atoms with van der Waals surface area (Å²) < 4.78 is 5.33. The lowest BCUT2D eigenvalue weighted by atomic mass is 10.1. The van der Waals surface area contributed by atoms with Crippen molar-refractivity contribution >= 4 is 40.1 Å². The van der Waals surface area contributed by atoms with Crippen LogP contribution in [-0.2, 0) is 14.3 Å². The van der Waals surface area contributed by atoms with Crippen LogP contribution in [0, 0.1) is 0 Å². The molecule has 0 spiro atoms. The summed E-state index contributed by atoms with van der Waals surface area (Å²) in [6.45, 7) is 5.38. The van der Waals surface area contributed by atoms with E-state index in [0.717, 1.165) is 66.5 Å². The molecule has 8 nitrogen and oxygen atoms in total. The average molecular weight is 466 g/mol. The molecule has 2 fully saturated rings. The summed E-state index contributed by atoms with van der Waals surface area (Å²) in [6, 6.07) is 7.74. The van der Waals surface area contributed by atoms with E-state index in [0.29, 0.717) is 32.0 Å². The molecule has 0 saturated carbocycles. The lowest BCUT2D eigenvalue weighted by molar-refractivity contribution is -0.123. The predicted octanol–water partition coefficient (Wildman–Crippen LogP) is 2.54. The van der Waals surface area contributed by atoms with Gasteiger partial charge in [0.05, 0.1) is 32.0 Å². The summed E-state index contributed by atoms with van der Waals surface area (Å²) >= 11 is 1.55. The minimum Gasteiger partial charge on any atom is -0.379 e. The summed E-state index contributed by atoms with van der Waals surface area (Å²) in [5, 5.41) is 5.86. The molecule has 33 heavy (non-hydrogen) atoms. The third kappa shape index (κ3) is 5.21. The largest absolute Gasteiger partial charge is 0.379 e. The maximum absolute atomic E-state index is 12.6. The number of hydrogen-bond acceptors (Lipinski definition) is 7. The van der Waals surface area contributed by atoms with Crippen LogP contribution in [0.2, 0.25) is 0 Å². The summed E-state index contributed by atoms with van der Waals surface area (Å²) in [7, 11) is 0. The van der Waals surface area contributed by atoms with Gasteiger partial charge in [-0.25, -0.2) is 4.98 Å². The second kappa shape index (κ2) is 9.94. The molecule has 0 bridgehead atoms. The number of anilines is 1. The lowest BCUT2D eigenvalue weighted by Crippen LogP contribution is -2.41. The van der Waals surface area contributed by atoms with E-state index < -0.39 is 0 Å². The molecular weight excluding hydrogens is 438 g/mol. The molecule has 2 aromatic rings. The first-order valence-corrected chi connectivity index (χ1v) is 12.2. The fraction of sp³-hybridized carbons (Fsp3) is 0.417. The number of nitrogens with zero attached hydrogens (tertiary/aromatic N) is 4. The number of ether oxygens (including phenoxy) is 1. The van der Waals surface area contributed by atoms with Gasteiger partial charge in [0.2, 0.25) is 5.91 Å². The maximum atomic E-state index is 12.6. The van der Waals surface area contributed by atoms with Crippen LogP contribution in [0.15, 0.2) is 40.7 Å². The van der Waals surface area contributed by atoms with Crippen LogP contribution in [-0.4, -0.2) is 84.8 Å². The van der Waals surface area contributed by atoms with Crippen LogP contribution >= 0.6 is 11.3 Å². The Morgan fingerprint density at radius 2 is 1.94 bits per heavy atom. The summed E-state index contributed by atoms with van der Waals surface area (Å²) in [6.07, 6.45) is 4.01. The van der Waals surface area contributed by atoms with Crippen molar-refractivity contribution in [2.75, 3.05) is 57.8 Å². The summed E-state index contributed by atoms with van der Waals surface area (Å²) in [4.78, 5) is 38.2. The van der Waals surface area contributed by atoms with E-state index in [1.165, 1.54) is 0 Å². The zero-order valence-corrected chi connectivity index (χ0v) is 19.3. The third-order valence-corrected chi connectivity index (χ3v) is 6.93. The SMILES string of the molecule is O=C(CN1CCOCC1)Nc1cccc(-c2nc(C3=CC(C(=O)N4CCCC4)=NC3)cs2)c1. The molecular formula is C24H27N5O3S. The number of aliphatic imine (C=N–C) groups is 1. The van der Waals surface area contributed by atoms with Gasteiger partial charge in [0, 0.05) is 48.4 Å². The fourth-order valence-corrected chi connectivity index (χ4v) is 5.08. The fourth-order valence-electron chi connectivity index (χ4n) is 4.24. The molecule has 0 atom stereocenters. The van der Waals surface area contributed by atoms with E-state index in [1.807, 2.05) is 40.6 Å². The van der Waals surface area contributed by atoms with E-state index in [9.17, 15) is 9.59 Å². The van der Waals surface area contributed by atoms with Gasteiger partial charge in [-0.3, -0.25) is 19.5 Å². The molecule has 4 heterocycles. The number of morpholine rings is 1. The Morgan fingerprint density at radius 1 is 1.12 bits per heavy atom. The first-order valence-electron chi connectivity index (χ1n) is 11.4. The highest BCUT2D eigenvalue weighted by atomic mass is 32.1. The van der Waals surface area contributed by atoms with Crippen LogP contribution in [0.5, 0.6) is 0 Å². The predicted molar refractivity (Wildman–Crippen MR) is 130 cm³/mol. The van der Waals surface area contributed by atoms with E-state index in [-0.39, 0.29) is 11.8 Å². The molecule has 9 heteroatoms. The standard InChI is InChI=1S/C24H27N5O3S/c30-22(15-28-8-10-32-11-9-28)26-19-5-3-4-17(12-19)23-27-21(16-33-23)18-13-20(25-14-18)24(31)29-6-1-2-7-29/h3-5,12-13,16H,1-2,6-11,14-15H2,(H,26,30). The average Bonchev–Trinajstić information content (AvgIpc) is 3.61. The molecule has 3 aliphatic heterocycles. The van der Waals surface area contributed by atoms with Gasteiger partial charge in [-0.15, -0.1) is 11.3 Å². The number of nitrogens with one attached hydrogen (secondary N) is 1. The van der Waals surface area contributed by atoms with Gasteiger partial charge in [0.25, 0.3) is 5.91 Å². The second-order valence-corrected chi connectivity index (χ2v) is 9.28. The van der Waals surface area contributed by atoms with E-state index in [2.05, 4.69) is 15.2 Å². The number of carbonyl (C=O) groups is 2. The molecule has 1 aromatic heterocycles. The van der Waals surface area contributed by atoms with Crippen molar-refractivity contribution in [2.24, 2.45) is 4.99 Å². The molecule has 1 aromatic carbocycles. The van der Waals surface area contributed by atoms with E-state index in [4.69, 9.17) is 9.72 Å². The van der Waals surface area contributed by atoms with Crippen LogP contribution < -0.4 is 5.32 Å². The minimum absolute atomic E-state index is 0.0264. The van der Waals surface area contributed by atoms with Gasteiger partial charge in [-0.05, 0) is 31.1 Å². The van der Waals surface area contributed by atoms with Crippen LogP contribution in [0.3, 0.4) is 0 Å². The summed E-state index contributed by atoms with van der Waals surface area (Å²) in [5.74, 6) is -0.00388. The van der Waals surface area contributed by atoms with Crippen molar-refractivity contribution in [1.82, 2.24) is 14.8 Å². The van der Waals surface area contributed by atoms with E-state index in [1.54, 1.807) is 11.3 Å². The Kier molecular flexibility index (Phi) is 6.61. The quantitative estimate of drug-likeness (QED) is 0.709. The number of benzene rings is 1. The first kappa shape index (κ1) is 21.9. The van der Waals surface area contributed by atoms with Gasteiger partial charge in [-0.2, -0.15) is 0 Å². The molecule has 1 N–H and O–H groups in total. The molecule has 0 radical (unpaired) electrons. The van der Waals surface area contributed by atoms with Crippen LogP contribution in [0.25, 0.3) is 16.1 Å². The molecule has 172 valence electrons. The lowest BCUT2D eigenvalue weighted by Gasteiger charge is -2.25. The minimum atomic E-state index is -0.0302. The zero-order chi connectivity index (χ0) is 22.6. The number of likely N-dealkylation sites (tertiary alicyclic amines) is 1. The van der Waals surface area contributed by atoms with Crippen molar-refractivity contribution in [3.05, 3.63) is 41.4 Å². The normalized spacial score (nSPS) is 18.8. The molecule has 5 rings (SSSR count). The highest BCUT2D eigenvalue weighted by molar-refractivity contribution is 7.13. The smallest absolute Gasteiger partial charge is 0.272 e. The number of hydrogen-bond donors (Lipinski definition) is 1. The number of amides is 2. The Morgan fingerprint density at radius 3 is 2.76 bits per heavy atom. The van der Waals surface area contributed by atoms with Crippen LogP contribution in [0.1, 0.15) is 18.5 Å². The number of aromatic nitrogens is 1. The summed E-state index contributed by atoms with van der Waals surface area (Å²) in [5.41, 5.74) is 4.05. The Bertz CT molecular complexity index is 1100. The van der Waals surface area contributed by atoms with Gasteiger partial charge in [0.15, 0.2) is 0 Å². The van der Waals surface area contributed by atoms with Gasteiger partial charge in [0.1, 0.15) is 10.7 Å². The van der Waals surface area contributed by atoms with Crippen molar-refractivity contribution in [3.63, 3.8) is 0 Å². The van der Waals surface area contributed by atoms with Crippen LogP contribution in [0.4, 0.5) is 5.69 Å².